The van der Waals surface area contributed by atoms with Crippen molar-refractivity contribution in [1.82, 2.24) is 5.48 Å². The number of amides is 1. The van der Waals surface area contributed by atoms with Crippen molar-refractivity contribution in [2.45, 2.75) is 6.29 Å². The van der Waals surface area contributed by atoms with E-state index in [-0.39, 0.29) is 0 Å². The van der Waals surface area contributed by atoms with Crippen LogP contribution in [0.25, 0.3) is 0 Å². The van der Waals surface area contributed by atoms with Crippen molar-refractivity contribution >= 4 is 6.09 Å². The van der Waals surface area contributed by atoms with Crippen LogP contribution in [0.2, 0.25) is 0 Å². The summed E-state index contributed by atoms with van der Waals surface area (Å²) in [7, 11) is 0. The first-order valence-corrected chi connectivity index (χ1v) is 2.08. The standard InChI is InChI=1S/C4H5NO3/c1-2-3-7-4(6)5-8-3/h2-3H,1H2,(H,5,6). The fourth-order valence-electron chi connectivity index (χ4n) is 0.356. The van der Waals surface area contributed by atoms with E-state index in [1.807, 2.05) is 5.48 Å². The molecule has 1 heterocycles. The van der Waals surface area contributed by atoms with E-state index in [1.54, 1.807) is 0 Å². The number of carbonyl (C=O) groups excluding carboxylic acids is 1. The predicted octanol–water partition coefficient (Wildman–Crippen LogP) is 0.170. The van der Waals surface area contributed by atoms with Crippen molar-refractivity contribution < 1.29 is 14.4 Å². The Morgan fingerprint density at radius 2 is 2.62 bits per heavy atom. The maximum atomic E-state index is 10.1. The van der Waals surface area contributed by atoms with Gasteiger partial charge >= 0.3 is 6.09 Å². The Morgan fingerprint density at radius 3 is 2.88 bits per heavy atom. The average molecular weight is 115 g/mol. The van der Waals surface area contributed by atoms with Gasteiger partial charge in [0.25, 0.3) is 0 Å². The van der Waals surface area contributed by atoms with Gasteiger partial charge < -0.3 is 4.74 Å². The molecule has 0 aromatic heterocycles. The summed E-state index contributed by atoms with van der Waals surface area (Å²) >= 11 is 0. The summed E-state index contributed by atoms with van der Waals surface area (Å²) in [6.07, 6.45) is 0.176. The highest BCUT2D eigenvalue weighted by Gasteiger charge is 2.19. The van der Waals surface area contributed by atoms with Gasteiger partial charge in [-0.05, 0) is 6.08 Å². The van der Waals surface area contributed by atoms with Gasteiger partial charge in [0.1, 0.15) is 0 Å². The highest BCUT2D eigenvalue weighted by Crippen LogP contribution is 2.00. The largest absolute Gasteiger partial charge is 0.434 e. The number of nitrogens with one attached hydrogen (secondary N) is 1. The first-order chi connectivity index (χ1) is 3.83. The van der Waals surface area contributed by atoms with E-state index in [4.69, 9.17) is 0 Å². The molecule has 1 N–H and O–H groups in total. The second kappa shape index (κ2) is 1.83. The summed E-state index contributed by atoms with van der Waals surface area (Å²) in [4.78, 5) is 14.6. The number of hydrogen-bond donors (Lipinski definition) is 1. The topological polar surface area (TPSA) is 47.6 Å². The molecule has 1 rings (SSSR count). The molecule has 1 amide bonds. The van der Waals surface area contributed by atoms with E-state index in [0.717, 1.165) is 0 Å². The first kappa shape index (κ1) is 5.11. The van der Waals surface area contributed by atoms with Gasteiger partial charge in [0.2, 0.25) is 6.29 Å². The highest BCUT2D eigenvalue weighted by molar-refractivity contribution is 5.67. The van der Waals surface area contributed by atoms with Gasteiger partial charge in [-0.25, -0.2) is 9.63 Å². The zero-order chi connectivity index (χ0) is 5.98. The summed E-state index contributed by atoms with van der Waals surface area (Å²) in [6.45, 7) is 3.33. The van der Waals surface area contributed by atoms with Crippen molar-refractivity contribution in [1.29, 1.82) is 0 Å². The van der Waals surface area contributed by atoms with Crippen LogP contribution in [0.15, 0.2) is 12.7 Å². The Bertz CT molecular complexity index is 122. The fraction of sp³-hybridized carbons (Fsp3) is 0.250. The maximum absolute atomic E-state index is 10.1. The third-order valence-corrected chi connectivity index (χ3v) is 0.674. The highest BCUT2D eigenvalue weighted by atomic mass is 16.9. The van der Waals surface area contributed by atoms with Crippen LogP contribution >= 0.6 is 0 Å². The second-order valence-electron chi connectivity index (χ2n) is 1.23. The van der Waals surface area contributed by atoms with E-state index in [9.17, 15) is 4.79 Å². The molecule has 0 spiro atoms. The van der Waals surface area contributed by atoms with Gasteiger partial charge in [0, 0.05) is 0 Å². The molecule has 0 aromatic carbocycles. The molecule has 1 aliphatic heterocycles. The van der Waals surface area contributed by atoms with Crippen molar-refractivity contribution in [3.8, 4) is 0 Å². The van der Waals surface area contributed by atoms with Gasteiger partial charge in [-0.1, -0.05) is 6.58 Å². The minimum absolute atomic E-state index is 0.574. The summed E-state index contributed by atoms with van der Waals surface area (Å²) in [5, 5.41) is 0. The van der Waals surface area contributed by atoms with Crippen LogP contribution in [0.3, 0.4) is 0 Å². The summed E-state index contributed by atoms with van der Waals surface area (Å²) in [6, 6.07) is 0. The lowest BCUT2D eigenvalue weighted by Crippen LogP contribution is -2.10. The van der Waals surface area contributed by atoms with Crippen molar-refractivity contribution in [2.75, 3.05) is 0 Å². The normalized spacial score (nSPS) is 26.5. The van der Waals surface area contributed by atoms with E-state index in [1.165, 1.54) is 6.08 Å². The van der Waals surface area contributed by atoms with Gasteiger partial charge in [-0.15, -0.1) is 0 Å². The molecule has 1 unspecified atom stereocenters. The molecule has 4 nitrogen and oxygen atoms in total. The van der Waals surface area contributed by atoms with Crippen LogP contribution in [-0.2, 0) is 9.57 Å². The predicted molar refractivity (Wildman–Crippen MR) is 24.7 cm³/mol. The number of carbonyl (C=O) groups is 1. The van der Waals surface area contributed by atoms with E-state index >= 15 is 0 Å². The Hall–Kier alpha value is -1.03. The average Bonchev–Trinajstić information content (AvgIpc) is 2.14. The molecule has 4 heteroatoms. The fourth-order valence-corrected chi connectivity index (χ4v) is 0.356. The van der Waals surface area contributed by atoms with Crippen LogP contribution in [0.5, 0.6) is 0 Å². The van der Waals surface area contributed by atoms with E-state index in [0.29, 0.717) is 0 Å². The molecule has 1 fully saturated rings. The summed E-state index contributed by atoms with van der Waals surface area (Å²) in [5.74, 6) is 0. The second-order valence-corrected chi connectivity index (χ2v) is 1.23. The summed E-state index contributed by atoms with van der Waals surface area (Å²) in [5.41, 5.74) is 1.99. The number of cyclic esters (lactones) is 1. The zero-order valence-electron chi connectivity index (χ0n) is 4.09. The number of ether oxygens (including phenoxy) is 1. The molecule has 0 radical (unpaired) electrons. The van der Waals surface area contributed by atoms with Crippen LogP contribution < -0.4 is 5.48 Å². The van der Waals surface area contributed by atoms with Gasteiger partial charge in [0.15, 0.2) is 0 Å². The lowest BCUT2D eigenvalue weighted by atomic mass is 10.6. The van der Waals surface area contributed by atoms with E-state index < -0.39 is 12.4 Å². The lowest BCUT2D eigenvalue weighted by molar-refractivity contribution is -0.0210. The maximum Gasteiger partial charge on any atom is 0.434 e. The van der Waals surface area contributed by atoms with Crippen LogP contribution in [-0.4, -0.2) is 12.4 Å². The van der Waals surface area contributed by atoms with Crippen LogP contribution in [0, 0.1) is 0 Å². The monoisotopic (exact) mass is 115 g/mol. The van der Waals surface area contributed by atoms with Crippen molar-refractivity contribution in [3.63, 3.8) is 0 Å². The Kier molecular flexibility index (Phi) is 1.17. The van der Waals surface area contributed by atoms with Crippen molar-refractivity contribution in [2.24, 2.45) is 0 Å². The van der Waals surface area contributed by atoms with Gasteiger partial charge in [0.05, 0.1) is 0 Å². The van der Waals surface area contributed by atoms with Crippen LogP contribution in [0.1, 0.15) is 0 Å². The summed E-state index contributed by atoms with van der Waals surface area (Å²) < 4.78 is 4.42. The molecule has 44 valence electrons. The molecule has 0 bridgehead atoms. The minimum atomic E-state index is -0.623. The van der Waals surface area contributed by atoms with Crippen LogP contribution in [0.4, 0.5) is 4.79 Å². The molecule has 1 saturated heterocycles. The molecule has 0 aliphatic carbocycles. The molecular formula is C4H5NO3. The molecule has 0 saturated carbocycles. The minimum Gasteiger partial charge on any atom is -0.412 e. The Balaban J connectivity index is 2.43. The van der Waals surface area contributed by atoms with Crippen molar-refractivity contribution in [3.05, 3.63) is 12.7 Å². The van der Waals surface area contributed by atoms with Gasteiger partial charge in [-0.2, -0.15) is 5.48 Å². The zero-order valence-corrected chi connectivity index (χ0v) is 4.09. The van der Waals surface area contributed by atoms with E-state index in [2.05, 4.69) is 16.2 Å². The quantitative estimate of drug-likeness (QED) is 0.495. The third-order valence-electron chi connectivity index (χ3n) is 0.674. The Morgan fingerprint density at radius 1 is 1.88 bits per heavy atom. The first-order valence-electron chi connectivity index (χ1n) is 2.08. The molecular weight excluding hydrogens is 110 g/mol. The molecule has 8 heavy (non-hydrogen) atoms. The third kappa shape index (κ3) is 0.788. The Labute approximate surface area is 46.0 Å². The SMILES string of the molecule is C=CC1ONC(=O)O1. The number of rotatable bonds is 1. The molecule has 1 atom stereocenters. The molecule has 0 aromatic rings. The number of hydrogen-bond acceptors (Lipinski definition) is 3. The smallest absolute Gasteiger partial charge is 0.412 e. The van der Waals surface area contributed by atoms with Gasteiger partial charge in [-0.3, -0.25) is 0 Å². The molecule has 1 aliphatic rings. The number of hydroxylamine groups is 1. The lowest BCUT2D eigenvalue weighted by Gasteiger charge is -1.94.